The van der Waals surface area contributed by atoms with Crippen molar-refractivity contribution in [3.8, 4) is 0 Å². The van der Waals surface area contributed by atoms with Gasteiger partial charge in [-0.1, -0.05) is 6.42 Å². The van der Waals surface area contributed by atoms with E-state index in [1.165, 1.54) is 14.0 Å². The number of rotatable bonds is 6. The Bertz CT molecular complexity index is 231. The Kier molecular flexibility index (Phi) is 5.14. The first-order chi connectivity index (χ1) is 7.62. The van der Waals surface area contributed by atoms with Crippen LogP contribution in [-0.4, -0.2) is 36.9 Å². The number of ether oxygens (including phenoxy) is 2. The summed E-state index contributed by atoms with van der Waals surface area (Å²) < 4.78 is 9.83. The third-order valence-electron chi connectivity index (χ3n) is 2.32. The fourth-order valence-corrected chi connectivity index (χ4v) is 1.41. The molecule has 0 amide bonds. The van der Waals surface area contributed by atoms with Crippen molar-refractivity contribution in [2.45, 2.75) is 44.7 Å². The van der Waals surface area contributed by atoms with Crippen LogP contribution in [0.4, 0.5) is 0 Å². The lowest BCUT2D eigenvalue weighted by Crippen LogP contribution is -2.38. The predicted molar refractivity (Wildman–Crippen MR) is 53.0 cm³/mol. The topological polar surface area (TPSA) is 74.2 Å². The number of esters is 1. The van der Waals surface area contributed by atoms with Crippen LogP contribution in [0.3, 0.4) is 0 Å². The standard InChI is InChI=1S/C10H18O6/c1-10(9(12)13-2)14-8(15-16-10)6-4-3-5-7-11/h8,11H,3-7H2,1-2H3. The maximum atomic E-state index is 11.3. The second kappa shape index (κ2) is 6.15. The third-order valence-corrected chi connectivity index (χ3v) is 2.32. The Balaban J connectivity index is 2.26. The van der Waals surface area contributed by atoms with Crippen LogP contribution in [0.2, 0.25) is 0 Å². The summed E-state index contributed by atoms with van der Waals surface area (Å²) in [4.78, 5) is 21.0. The molecular formula is C10H18O6. The SMILES string of the molecule is COC(=O)C1(C)OOC(CCCCCO)O1. The number of carbonyl (C=O) groups excluding carboxylic acids is 1. The van der Waals surface area contributed by atoms with Crippen LogP contribution in [0.25, 0.3) is 0 Å². The number of carbonyl (C=O) groups is 1. The normalized spacial score (nSPS) is 29.3. The van der Waals surface area contributed by atoms with Gasteiger partial charge in [-0.15, -0.1) is 0 Å². The van der Waals surface area contributed by atoms with E-state index in [1.807, 2.05) is 0 Å². The first-order valence-electron chi connectivity index (χ1n) is 5.34. The summed E-state index contributed by atoms with van der Waals surface area (Å²) in [6, 6.07) is 0. The molecule has 0 aromatic rings. The molecule has 1 aliphatic heterocycles. The van der Waals surface area contributed by atoms with E-state index in [9.17, 15) is 4.79 Å². The van der Waals surface area contributed by atoms with Crippen molar-refractivity contribution in [2.24, 2.45) is 0 Å². The highest BCUT2D eigenvalue weighted by Crippen LogP contribution is 2.28. The van der Waals surface area contributed by atoms with Crippen LogP contribution < -0.4 is 0 Å². The summed E-state index contributed by atoms with van der Waals surface area (Å²) in [5.74, 6) is -2.08. The molecule has 0 saturated carbocycles. The van der Waals surface area contributed by atoms with Crippen molar-refractivity contribution in [3.05, 3.63) is 0 Å². The van der Waals surface area contributed by atoms with Gasteiger partial charge < -0.3 is 14.6 Å². The van der Waals surface area contributed by atoms with E-state index >= 15 is 0 Å². The van der Waals surface area contributed by atoms with E-state index in [2.05, 4.69) is 4.74 Å². The molecule has 0 bridgehead atoms. The molecule has 0 aromatic carbocycles. The molecular weight excluding hydrogens is 216 g/mol. The van der Waals surface area contributed by atoms with E-state index in [1.54, 1.807) is 0 Å². The zero-order valence-electron chi connectivity index (χ0n) is 9.60. The molecule has 1 heterocycles. The molecule has 0 aliphatic carbocycles. The molecule has 16 heavy (non-hydrogen) atoms. The fraction of sp³-hybridized carbons (Fsp3) is 0.900. The zero-order valence-corrected chi connectivity index (χ0v) is 9.60. The Morgan fingerprint density at radius 2 is 2.19 bits per heavy atom. The molecule has 6 nitrogen and oxygen atoms in total. The molecule has 0 spiro atoms. The molecule has 2 atom stereocenters. The minimum absolute atomic E-state index is 0.183. The van der Waals surface area contributed by atoms with Gasteiger partial charge in [-0.05, 0) is 12.8 Å². The number of unbranched alkanes of at least 4 members (excludes halogenated alkanes) is 2. The Labute approximate surface area is 94.4 Å². The summed E-state index contributed by atoms with van der Waals surface area (Å²) in [6.07, 6.45) is 2.54. The average Bonchev–Trinajstić information content (AvgIpc) is 2.67. The minimum Gasteiger partial charge on any atom is -0.465 e. The summed E-state index contributed by atoms with van der Waals surface area (Å²) >= 11 is 0. The van der Waals surface area contributed by atoms with Crippen LogP contribution in [0.5, 0.6) is 0 Å². The van der Waals surface area contributed by atoms with Crippen molar-refractivity contribution in [1.82, 2.24) is 0 Å². The van der Waals surface area contributed by atoms with Crippen molar-refractivity contribution in [3.63, 3.8) is 0 Å². The molecule has 1 aliphatic rings. The second-order valence-corrected chi connectivity index (χ2v) is 3.74. The molecule has 1 rings (SSSR count). The smallest absolute Gasteiger partial charge is 0.369 e. The van der Waals surface area contributed by atoms with E-state index in [0.29, 0.717) is 6.42 Å². The molecule has 0 radical (unpaired) electrons. The summed E-state index contributed by atoms with van der Waals surface area (Å²) in [5, 5.41) is 8.60. The first-order valence-corrected chi connectivity index (χ1v) is 5.34. The molecule has 6 heteroatoms. The van der Waals surface area contributed by atoms with Crippen LogP contribution in [-0.2, 0) is 24.0 Å². The summed E-state index contributed by atoms with van der Waals surface area (Å²) in [7, 11) is 1.26. The van der Waals surface area contributed by atoms with Crippen molar-refractivity contribution < 1.29 is 29.1 Å². The van der Waals surface area contributed by atoms with Gasteiger partial charge in [0.1, 0.15) is 0 Å². The van der Waals surface area contributed by atoms with Gasteiger partial charge >= 0.3 is 5.97 Å². The third kappa shape index (κ3) is 3.41. The van der Waals surface area contributed by atoms with Gasteiger partial charge in [-0.25, -0.2) is 9.68 Å². The Morgan fingerprint density at radius 1 is 1.44 bits per heavy atom. The predicted octanol–water partition coefficient (Wildman–Crippen LogP) is 0.733. The van der Waals surface area contributed by atoms with Gasteiger partial charge in [0.05, 0.1) is 7.11 Å². The largest absolute Gasteiger partial charge is 0.465 e. The number of hydrogen-bond acceptors (Lipinski definition) is 6. The highest BCUT2D eigenvalue weighted by Gasteiger charge is 2.47. The Hall–Kier alpha value is -0.690. The number of hydrogen-bond donors (Lipinski definition) is 1. The van der Waals surface area contributed by atoms with Crippen LogP contribution in [0, 0.1) is 0 Å². The number of methoxy groups -OCH3 is 1. The lowest BCUT2D eigenvalue weighted by atomic mass is 10.2. The van der Waals surface area contributed by atoms with Crippen LogP contribution in [0.1, 0.15) is 32.6 Å². The Morgan fingerprint density at radius 3 is 2.81 bits per heavy atom. The lowest BCUT2D eigenvalue weighted by Gasteiger charge is -2.16. The number of aliphatic hydroxyl groups excluding tert-OH is 1. The van der Waals surface area contributed by atoms with Gasteiger partial charge in [-0.2, -0.15) is 4.89 Å². The van der Waals surface area contributed by atoms with Gasteiger partial charge in [0.25, 0.3) is 5.79 Å². The van der Waals surface area contributed by atoms with Crippen LogP contribution >= 0.6 is 0 Å². The highest BCUT2D eigenvalue weighted by atomic mass is 17.3. The lowest BCUT2D eigenvalue weighted by molar-refractivity contribution is -0.321. The number of aliphatic hydroxyl groups is 1. The van der Waals surface area contributed by atoms with Gasteiger partial charge in [-0.3, -0.25) is 0 Å². The minimum atomic E-state index is -1.46. The molecule has 1 N–H and O–H groups in total. The van der Waals surface area contributed by atoms with Gasteiger partial charge in [0, 0.05) is 20.0 Å². The molecule has 2 unspecified atom stereocenters. The molecule has 1 fully saturated rings. The first kappa shape index (κ1) is 13.4. The van der Waals surface area contributed by atoms with Crippen molar-refractivity contribution in [1.29, 1.82) is 0 Å². The highest BCUT2D eigenvalue weighted by molar-refractivity contribution is 5.77. The molecule has 1 saturated heterocycles. The average molecular weight is 234 g/mol. The van der Waals surface area contributed by atoms with Crippen molar-refractivity contribution in [2.75, 3.05) is 13.7 Å². The van der Waals surface area contributed by atoms with E-state index in [0.717, 1.165) is 19.3 Å². The van der Waals surface area contributed by atoms with E-state index in [4.69, 9.17) is 19.6 Å². The maximum absolute atomic E-state index is 11.3. The zero-order chi connectivity index (χ0) is 12.0. The summed E-state index contributed by atoms with van der Waals surface area (Å²) in [6.45, 7) is 1.63. The molecule has 0 aromatic heterocycles. The monoisotopic (exact) mass is 234 g/mol. The second-order valence-electron chi connectivity index (χ2n) is 3.74. The van der Waals surface area contributed by atoms with Crippen molar-refractivity contribution >= 4 is 5.97 Å². The van der Waals surface area contributed by atoms with E-state index in [-0.39, 0.29) is 6.61 Å². The molecule has 94 valence electrons. The van der Waals surface area contributed by atoms with Gasteiger partial charge in [0.2, 0.25) is 0 Å². The quantitative estimate of drug-likeness (QED) is 0.415. The van der Waals surface area contributed by atoms with Gasteiger partial charge in [0.15, 0.2) is 6.29 Å². The maximum Gasteiger partial charge on any atom is 0.369 e. The van der Waals surface area contributed by atoms with Crippen LogP contribution in [0.15, 0.2) is 0 Å². The fourth-order valence-electron chi connectivity index (χ4n) is 1.41. The van der Waals surface area contributed by atoms with E-state index < -0.39 is 18.0 Å². The summed E-state index contributed by atoms with van der Waals surface area (Å²) in [5.41, 5.74) is 0.